The van der Waals surface area contributed by atoms with Crippen LogP contribution in [0.1, 0.15) is 30.9 Å². The minimum Gasteiger partial charge on any atom is -0.124 e. The van der Waals surface area contributed by atoms with Gasteiger partial charge in [0, 0.05) is 0 Å². The summed E-state index contributed by atoms with van der Waals surface area (Å²) in [5, 5.41) is 0. The summed E-state index contributed by atoms with van der Waals surface area (Å²) in [5.74, 6) is 0. The van der Waals surface area contributed by atoms with E-state index in [2.05, 4.69) is 50.6 Å². The van der Waals surface area contributed by atoms with Gasteiger partial charge in [0.1, 0.15) is 0 Å². The lowest BCUT2D eigenvalue weighted by molar-refractivity contribution is 0.794. The molecule has 0 nitrogen and oxygen atoms in total. The third-order valence-corrected chi connectivity index (χ3v) is 2.07. The van der Waals surface area contributed by atoms with Crippen molar-refractivity contribution in [2.75, 3.05) is 0 Å². The molecule has 0 heteroatoms. The highest BCUT2D eigenvalue weighted by molar-refractivity contribution is 5.51. The van der Waals surface area contributed by atoms with Crippen molar-refractivity contribution in [1.29, 1.82) is 0 Å². The lowest BCUT2D eigenvalue weighted by Crippen LogP contribution is -1.87. The van der Waals surface area contributed by atoms with E-state index < -0.39 is 0 Å². The van der Waals surface area contributed by atoms with Crippen LogP contribution >= 0.6 is 0 Å². The number of hydrogen-bond acceptors (Lipinski definition) is 0. The van der Waals surface area contributed by atoms with Crippen LogP contribution < -0.4 is 0 Å². The Labute approximate surface area is 87.7 Å². The van der Waals surface area contributed by atoms with E-state index in [1.165, 1.54) is 30.4 Å². The van der Waals surface area contributed by atoms with Crippen LogP contribution in [0.3, 0.4) is 0 Å². The number of aryl methyl sites for hydroxylation is 1. The second-order valence-corrected chi connectivity index (χ2v) is 3.01. The van der Waals surface area contributed by atoms with Gasteiger partial charge in [-0.2, -0.15) is 0 Å². The summed E-state index contributed by atoms with van der Waals surface area (Å²) in [6, 6.07) is 8.47. The van der Waals surface area contributed by atoms with Crippen LogP contribution in [0.5, 0.6) is 0 Å². The van der Waals surface area contributed by atoms with Crippen LogP contribution in [-0.2, 0) is 6.42 Å². The Balaban J connectivity index is 0.000000791. The fourth-order valence-corrected chi connectivity index (χ4v) is 1.33. The third kappa shape index (κ3) is 3.96. The van der Waals surface area contributed by atoms with E-state index in [1.807, 2.05) is 6.08 Å². The zero-order valence-electron chi connectivity index (χ0n) is 8.87. The van der Waals surface area contributed by atoms with Crippen molar-refractivity contribution in [3.8, 4) is 12.8 Å². The van der Waals surface area contributed by atoms with Gasteiger partial charge in [0.05, 0.1) is 0 Å². The van der Waals surface area contributed by atoms with Crippen molar-refractivity contribution in [3.63, 3.8) is 0 Å². The monoisotopic (exact) mass is 186 g/mol. The summed E-state index contributed by atoms with van der Waals surface area (Å²) in [4.78, 5) is 0. The predicted molar refractivity (Wildman–Crippen MR) is 65.0 cm³/mol. The van der Waals surface area contributed by atoms with Crippen molar-refractivity contribution >= 4 is 6.08 Å². The zero-order valence-corrected chi connectivity index (χ0v) is 8.87. The number of rotatable bonds is 4. The minimum atomic E-state index is 1.18. The number of unbranched alkanes of at least 4 members (excludes halogenated alkanes) is 1. The van der Waals surface area contributed by atoms with Crippen LogP contribution in [0.15, 0.2) is 30.8 Å². The Morgan fingerprint density at radius 3 is 2.50 bits per heavy atom. The molecule has 0 spiro atoms. The Hall–Kier alpha value is -1.48. The molecule has 0 atom stereocenters. The van der Waals surface area contributed by atoms with Gasteiger partial charge in [-0.15, -0.1) is 12.8 Å². The zero-order chi connectivity index (χ0) is 10.8. The van der Waals surface area contributed by atoms with E-state index in [0.29, 0.717) is 0 Å². The topological polar surface area (TPSA) is 0 Å². The highest BCUT2D eigenvalue weighted by Gasteiger charge is 1.95. The Kier molecular flexibility index (Phi) is 7.27. The van der Waals surface area contributed by atoms with Crippen LogP contribution in [0.4, 0.5) is 0 Å². The smallest absolute Gasteiger partial charge is 0.0230 e. The van der Waals surface area contributed by atoms with Gasteiger partial charge in [0.15, 0.2) is 0 Å². The predicted octanol–water partition coefficient (Wildman–Crippen LogP) is 3.92. The average molecular weight is 186 g/mol. The summed E-state index contributed by atoms with van der Waals surface area (Å²) in [7, 11) is 0. The molecule has 14 heavy (non-hydrogen) atoms. The van der Waals surface area contributed by atoms with Gasteiger partial charge >= 0.3 is 0 Å². The molecule has 1 aromatic carbocycles. The molecular weight excluding hydrogens is 168 g/mol. The normalized spacial score (nSPS) is 8.50. The first-order valence-electron chi connectivity index (χ1n) is 4.92. The number of hydrogen-bond donors (Lipinski definition) is 0. The molecule has 0 fully saturated rings. The molecule has 1 rings (SSSR count). The molecule has 0 heterocycles. The molecule has 0 N–H and O–H groups in total. The maximum atomic E-state index is 4.00. The molecule has 0 aliphatic rings. The average Bonchev–Trinajstić information content (AvgIpc) is 2.29. The Morgan fingerprint density at radius 2 is 1.93 bits per heavy atom. The molecule has 0 aliphatic carbocycles. The molecule has 0 unspecified atom stereocenters. The van der Waals surface area contributed by atoms with Crippen molar-refractivity contribution in [2.45, 2.75) is 26.2 Å². The van der Waals surface area contributed by atoms with Crippen LogP contribution in [0.25, 0.3) is 6.08 Å². The highest BCUT2D eigenvalue weighted by Crippen LogP contribution is 2.12. The largest absolute Gasteiger partial charge is 0.124 e. The van der Waals surface area contributed by atoms with E-state index in [9.17, 15) is 0 Å². The summed E-state index contributed by atoms with van der Waals surface area (Å²) >= 11 is 0. The van der Waals surface area contributed by atoms with Crippen molar-refractivity contribution in [2.24, 2.45) is 0 Å². The second-order valence-electron chi connectivity index (χ2n) is 3.01. The highest BCUT2D eigenvalue weighted by atomic mass is 14.0. The quantitative estimate of drug-likeness (QED) is 0.625. The third-order valence-electron chi connectivity index (χ3n) is 2.07. The SMILES string of the molecule is C#C.C=Cc1ccccc1CCCC. The van der Waals surface area contributed by atoms with Gasteiger partial charge in [-0.1, -0.05) is 50.3 Å². The fraction of sp³-hybridized carbons (Fsp3) is 0.286. The van der Waals surface area contributed by atoms with E-state index >= 15 is 0 Å². The van der Waals surface area contributed by atoms with E-state index in [0.717, 1.165) is 0 Å². The van der Waals surface area contributed by atoms with Gasteiger partial charge in [-0.05, 0) is 24.0 Å². The van der Waals surface area contributed by atoms with Gasteiger partial charge in [-0.3, -0.25) is 0 Å². The first-order chi connectivity index (χ1) is 6.88. The molecule has 0 radical (unpaired) electrons. The van der Waals surface area contributed by atoms with Crippen molar-refractivity contribution < 1.29 is 0 Å². The van der Waals surface area contributed by atoms with E-state index in [1.54, 1.807) is 0 Å². The molecule has 0 amide bonds. The first kappa shape index (κ1) is 12.5. The molecule has 74 valence electrons. The van der Waals surface area contributed by atoms with Gasteiger partial charge in [0.2, 0.25) is 0 Å². The summed E-state index contributed by atoms with van der Waals surface area (Å²) in [6.45, 7) is 6.02. The standard InChI is InChI=1S/C12H16.C2H2/c1-3-5-8-12-10-7-6-9-11(12)4-2;1-2/h4,6-7,9-10H,2-3,5,8H2,1H3;1-2H. The summed E-state index contributed by atoms with van der Waals surface area (Å²) in [5.41, 5.74) is 2.71. The lowest BCUT2D eigenvalue weighted by Gasteiger charge is -2.03. The molecule has 0 aliphatic heterocycles. The number of benzene rings is 1. The summed E-state index contributed by atoms with van der Waals surface area (Å²) < 4.78 is 0. The van der Waals surface area contributed by atoms with Crippen LogP contribution in [0, 0.1) is 12.8 Å². The van der Waals surface area contributed by atoms with E-state index in [-0.39, 0.29) is 0 Å². The molecule has 0 aromatic heterocycles. The summed E-state index contributed by atoms with van der Waals surface area (Å²) in [6.07, 6.45) is 13.6. The van der Waals surface area contributed by atoms with Gasteiger partial charge in [-0.25, -0.2) is 0 Å². The molecule has 0 bridgehead atoms. The molecule has 0 saturated carbocycles. The number of terminal acetylenes is 1. The second kappa shape index (κ2) is 8.13. The maximum Gasteiger partial charge on any atom is -0.0230 e. The van der Waals surface area contributed by atoms with Gasteiger partial charge in [0.25, 0.3) is 0 Å². The molecule has 1 aromatic rings. The minimum absolute atomic E-state index is 1.18. The van der Waals surface area contributed by atoms with Crippen LogP contribution in [-0.4, -0.2) is 0 Å². The Morgan fingerprint density at radius 1 is 1.29 bits per heavy atom. The fourth-order valence-electron chi connectivity index (χ4n) is 1.33. The van der Waals surface area contributed by atoms with Crippen LogP contribution in [0.2, 0.25) is 0 Å². The van der Waals surface area contributed by atoms with Gasteiger partial charge < -0.3 is 0 Å². The van der Waals surface area contributed by atoms with E-state index in [4.69, 9.17) is 0 Å². The van der Waals surface area contributed by atoms with Crippen molar-refractivity contribution in [1.82, 2.24) is 0 Å². The lowest BCUT2D eigenvalue weighted by atomic mass is 10.0. The Bertz CT molecular complexity index is 281. The maximum absolute atomic E-state index is 4.00. The molecular formula is C14H18. The first-order valence-corrected chi connectivity index (χ1v) is 4.92. The molecule has 0 saturated heterocycles. The van der Waals surface area contributed by atoms with Crippen molar-refractivity contribution in [3.05, 3.63) is 42.0 Å².